The van der Waals surface area contributed by atoms with E-state index >= 15 is 0 Å². The molecule has 0 atom stereocenters. The number of likely N-dealkylation sites (N-methyl/N-ethyl adjacent to an activating group) is 1. The molecular formula is C13H24N2O. The molecule has 0 amide bonds. The number of rotatable bonds is 5. The lowest BCUT2D eigenvalue weighted by molar-refractivity contribution is 0.296. The Morgan fingerprint density at radius 1 is 1.12 bits per heavy atom. The third-order valence-corrected chi connectivity index (χ3v) is 2.14. The molecule has 3 nitrogen and oxygen atoms in total. The molecule has 0 saturated carbocycles. The fourth-order valence-corrected chi connectivity index (χ4v) is 1.24. The van der Waals surface area contributed by atoms with Gasteiger partial charge in [0.25, 0.3) is 0 Å². The molecule has 0 bridgehead atoms. The number of nitrogens with one attached hydrogen (secondary N) is 2. The molecule has 0 radical (unpaired) electrons. The molecule has 92 valence electrons. The number of aliphatic hydroxyl groups is 1. The Hall–Kier alpha value is -1.06. The van der Waals surface area contributed by atoms with Crippen LogP contribution in [0.3, 0.4) is 0 Å². The van der Waals surface area contributed by atoms with Crippen molar-refractivity contribution in [1.82, 2.24) is 5.32 Å². The van der Waals surface area contributed by atoms with E-state index < -0.39 is 0 Å². The van der Waals surface area contributed by atoms with Crippen molar-refractivity contribution in [2.75, 3.05) is 32.6 Å². The van der Waals surface area contributed by atoms with Gasteiger partial charge in [-0.05, 0) is 31.2 Å². The summed E-state index contributed by atoms with van der Waals surface area (Å²) >= 11 is 0. The van der Waals surface area contributed by atoms with Gasteiger partial charge in [-0.25, -0.2) is 0 Å². The van der Waals surface area contributed by atoms with Crippen LogP contribution in [-0.2, 0) is 6.42 Å². The normalized spacial score (nSPS) is 9.25. The standard InChI is InChI=1S/C10H15N.C3H9NO/c1-3-4-9-5-7-10(11-2)8-6-9;1-4-2-3-5/h5-8,11H,3-4H2,1-2H3;4-5H,2-3H2,1H3. The van der Waals surface area contributed by atoms with E-state index in [2.05, 4.69) is 41.8 Å². The second kappa shape index (κ2) is 10.5. The molecule has 0 aliphatic carbocycles. The smallest absolute Gasteiger partial charge is 0.0555 e. The zero-order chi connectivity index (χ0) is 12.2. The summed E-state index contributed by atoms with van der Waals surface area (Å²) in [6, 6.07) is 8.58. The molecule has 0 aromatic heterocycles. The van der Waals surface area contributed by atoms with Gasteiger partial charge in [0, 0.05) is 19.3 Å². The van der Waals surface area contributed by atoms with Gasteiger partial charge < -0.3 is 15.7 Å². The molecule has 3 N–H and O–H groups in total. The molecule has 0 spiro atoms. The molecule has 0 heterocycles. The first kappa shape index (κ1) is 14.9. The first-order valence-corrected chi connectivity index (χ1v) is 5.80. The van der Waals surface area contributed by atoms with Crippen LogP contribution in [0.2, 0.25) is 0 Å². The van der Waals surface area contributed by atoms with Gasteiger partial charge in [-0.3, -0.25) is 0 Å². The molecule has 3 heteroatoms. The molecule has 0 aliphatic heterocycles. The van der Waals surface area contributed by atoms with Crippen LogP contribution in [0.1, 0.15) is 18.9 Å². The van der Waals surface area contributed by atoms with Crippen molar-refractivity contribution in [2.24, 2.45) is 0 Å². The first-order chi connectivity index (χ1) is 7.78. The Bertz CT molecular complexity index is 245. The van der Waals surface area contributed by atoms with Crippen LogP contribution in [0.25, 0.3) is 0 Å². The number of aliphatic hydroxyl groups excluding tert-OH is 1. The maximum atomic E-state index is 8.00. The summed E-state index contributed by atoms with van der Waals surface area (Å²) in [6.07, 6.45) is 2.41. The minimum absolute atomic E-state index is 0.233. The second-order valence-electron chi connectivity index (χ2n) is 3.52. The van der Waals surface area contributed by atoms with Crippen molar-refractivity contribution >= 4 is 5.69 Å². The highest BCUT2D eigenvalue weighted by Crippen LogP contribution is 2.09. The number of hydrogen-bond donors (Lipinski definition) is 3. The lowest BCUT2D eigenvalue weighted by Crippen LogP contribution is -2.10. The third kappa shape index (κ3) is 7.26. The molecule has 1 aromatic rings. The monoisotopic (exact) mass is 224 g/mol. The Kier molecular flexibility index (Phi) is 9.76. The van der Waals surface area contributed by atoms with Crippen LogP contribution in [-0.4, -0.2) is 32.4 Å². The predicted octanol–water partition coefficient (Wildman–Crippen LogP) is 1.88. The lowest BCUT2D eigenvalue weighted by Gasteiger charge is -2.01. The van der Waals surface area contributed by atoms with Crippen molar-refractivity contribution in [3.63, 3.8) is 0 Å². The van der Waals surface area contributed by atoms with Crippen molar-refractivity contribution in [3.05, 3.63) is 29.8 Å². The van der Waals surface area contributed by atoms with E-state index in [1.807, 2.05) is 7.05 Å². The van der Waals surface area contributed by atoms with E-state index in [0.717, 1.165) is 0 Å². The van der Waals surface area contributed by atoms with E-state index in [9.17, 15) is 0 Å². The molecule has 1 aromatic carbocycles. The quantitative estimate of drug-likeness (QED) is 0.715. The SMILES string of the molecule is CCCc1ccc(NC)cc1.CNCCO. The molecule has 1 rings (SSSR count). The summed E-state index contributed by atoms with van der Waals surface area (Å²) in [5.74, 6) is 0. The zero-order valence-electron chi connectivity index (χ0n) is 10.6. The zero-order valence-corrected chi connectivity index (χ0v) is 10.6. The highest BCUT2D eigenvalue weighted by Gasteiger charge is 1.90. The average Bonchev–Trinajstić information content (AvgIpc) is 2.32. The predicted molar refractivity (Wildman–Crippen MR) is 71.0 cm³/mol. The van der Waals surface area contributed by atoms with Crippen molar-refractivity contribution in [1.29, 1.82) is 0 Å². The van der Waals surface area contributed by atoms with Gasteiger partial charge in [0.1, 0.15) is 0 Å². The summed E-state index contributed by atoms with van der Waals surface area (Å²) in [4.78, 5) is 0. The van der Waals surface area contributed by atoms with Gasteiger partial charge >= 0.3 is 0 Å². The van der Waals surface area contributed by atoms with Crippen LogP contribution in [0.4, 0.5) is 5.69 Å². The van der Waals surface area contributed by atoms with E-state index in [4.69, 9.17) is 5.11 Å². The van der Waals surface area contributed by atoms with Crippen LogP contribution >= 0.6 is 0 Å². The number of anilines is 1. The summed E-state index contributed by atoms with van der Waals surface area (Å²) in [5.41, 5.74) is 2.61. The van der Waals surface area contributed by atoms with Crippen LogP contribution in [0.5, 0.6) is 0 Å². The van der Waals surface area contributed by atoms with Gasteiger partial charge in [-0.1, -0.05) is 25.5 Å². The first-order valence-electron chi connectivity index (χ1n) is 5.80. The third-order valence-electron chi connectivity index (χ3n) is 2.14. The van der Waals surface area contributed by atoms with E-state index in [-0.39, 0.29) is 6.61 Å². The van der Waals surface area contributed by atoms with Crippen LogP contribution in [0, 0.1) is 0 Å². The Balaban J connectivity index is 0.000000385. The maximum Gasteiger partial charge on any atom is 0.0555 e. The molecule has 0 unspecified atom stereocenters. The van der Waals surface area contributed by atoms with Gasteiger partial charge in [0.2, 0.25) is 0 Å². The summed E-state index contributed by atoms with van der Waals surface area (Å²) in [5, 5.41) is 13.9. The largest absolute Gasteiger partial charge is 0.395 e. The van der Waals surface area contributed by atoms with Gasteiger partial charge in [-0.2, -0.15) is 0 Å². The highest BCUT2D eigenvalue weighted by molar-refractivity contribution is 5.43. The maximum absolute atomic E-state index is 8.00. The van der Waals surface area contributed by atoms with Crippen LogP contribution < -0.4 is 10.6 Å². The summed E-state index contributed by atoms with van der Waals surface area (Å²) in [6.45, 7) is 3.13. The van der Waals surface area contributed by atoms with Crippen molar-refractivity contribution in [2.45, 2.75) is 19.8 Å². The van der Waals surface area contributed by atoms with Crippen molar-refractivity contribution in [3.8, 4) is 0 Å². The minimum Gasteiger partial charge on any atom is -0.395 e. The number of hydrogen-bond acceptors (Lipinski definition) is 3. The molecule has 0 aliphatic rings. The van der Waals surface area contributed by atoms with E-state index in [1.54, 1.807) is 7.05 Å². The van der Waals surface area contributed by atoms with Gasteiger partial charge in [-0.15, -0.1) is 0 Å². The fraction of sp³-hybridized carbons (Fsp3) is 0.538. The van der Waals surface area contributed by atoms with E-state index in [0.29, 0.717) is 6.54 Å². The molecule has 0 saturated heterocycles. The molecular weight excluding hydrogens is 200 g/mol. The number of aryl methyl sites for hydroxylation is 1. The Morgan fingerprint density at radius 3 is 2.06 bits per heavy atom. The topological polar surface area (TPSA) is 44.3 Å². The highest BCUT2D eigenvalue weighted by atomic mass is 16.3. The average molecular weight is 224 g/mol. The fourth-order valence-electron chi connectivity index (χ4n) is 1.24. The molecule has 16 heavy (non-hydrogen) atoms. The second-order valence-corrected chi connectivity index (χ2v) is 3.52. The number of benzene rings is 1. The van der Waals surface area contributed by atoms with Crippen LogP contribution in [0.15, 0.2) is 24.3 Å². The van der Waals surface area contributed by atoms with Crippen molar-refractivity contribution < 1.29 is 5.11 Å². The van der Waals surface area contributed by atoms with Gasteiger partial charge in [0.15, 0.2) is 0 Å². The molecule has 0 fully saturated rings. The Labute approximate surface area is 98.9 Å². The lowest BCUT2D eigenvalue weighted by atomic mass is 10.1. The summed E-state index contributed by atoms with van der Waals surface area (Å²) in [7, 11) is 3.74. The minimum atomic E-state index is 0.233. The van der Waals surface area contributed by atoms with Gasteiger partial charge in [0.05, 0.1) is 6.61 Å². The van der Waals surface area contributed by atoms with E-state index in [1.165, 1.54) is 24.1 Å². The summed E-state index contributed by atoms with van der Waals surface area (Å²) < 4.78 is 0. The Morgan fingerprint density at radius 2 is 1.75 bits per heavy atom.